The number of aliphatic hydroxyl groups is 1. The van der Waals surface area contributed by atoms with Gasteiger partial charge in [0, 0.05) is 17.7 Å². The van der Waals surface area contributed by atoms with E-state index in [4.69, 9.17) is 0 Å². The summed E-state index contributed by atoms with van der Waals surface area (Å²) in [5.74, 6) is -1.66. The van der Waals surface area contributed by atoms with Gasteiger partial charge in [0.05, 0.1) is 5.60 Å². The maximum atomic E-state index is 15.2. The van der Waals surface area contributed by atoms with Crippen LogP contribution in [0.3, 0.4) is 0 Å². The largest absolute Gasteiger partial charge is 0.390 e. The lowest BCUT2D eigenvalue weighted by atomic mass is 9.48. The molecule has 0 aromatic heterocycles. The van der Waals surface area contributed by atoms with Crippen LogP contribution in [0, 0.1) is 40.9 Å². The molecule has 0 spiro atoms. The van der Waals surface area contributed by atoms with Crippen molar-refractivity contribution in [2.45, 2.75) is 76.7 Å². The van der Waals surface area contributed by atoms with Crippen molar-refractivity contribution in [3.63, 3.8) is 0 Å². The van der Waals surface area contributed by atoms with Gasteiger partial charge in [-0.1, -0.05) is 35.0 Å². The van der Waals surface area contributed by atoms with Crippen LogP contribution in [0.25, 0.3) is 0 Å². The molecule has 0 unspecified atom stereocenters. The molecule has 4 aliphatic carbocycles. The zero-order valence-corrected chi connectivity index (χ0v) is 17.7. The summed E-state index contributed by atoms with van der Waals surface area (Å²) in [5.41, 5.74) is 0.490. The fraction of sp³-hybridized carbons (Fsp3) is 0.909. The van der Waals surface area contributed by atoms with Gasteiger partial charge < -0.3 is 5.11 Å². The van der Waals surface area contributed by atoms with E-state index in [1.54, 1.807) is 6.92 Å². The van der Waals surface area contributed by atoms with Crippen molar-refractivity contribution in [2.75, 3.05) is 5.33 Å². The Kier molecular flexibility index (Phi) is 4.67. The van der Waals surface area contributed by atoms with Crippen molar-refractivity contribution in [3.8, 4) is 0 Å². The Morgan fingerprint density at radius 3 is 2.38 bits per heavy atom. The zero-order valence-electron chi connectivity index (χ0n) is 16.1. The SMILES string of the molecule is C=C(CBr)[C@H]1CC[C@H]2[C@@H]3CC(F)(F)[C@@H]4C[C@](C)(O)CC[C@@H]4[C@H]3CC[C@]12C. The summed E-state index contributed by atoms with van der Waals surface area (Å²) >= 11 is 3.57. The summed E-state index contributed by atoms with van der Waals surface area (Å²) in [5, 5.41) is 11.2. The Labute approximate surface area is 165 Å². The molecule has 4 rings (SSSR count). The number of hydrogen-bond donors (Lipinski definition) is 1. The standard InChI is InChI=1S/C22H33BrF2O/c1-13(12-23)17-4-5-18-16-10-22(24,25)19-11-20(2,26)8-6-15(19)14(16)7-9-21(17,18)3/h14-19,26H,1,4-12H2,2-3H3/t14-,15-,16-,17-,18+,19-,20-,21-/m1/s1. The van der Waals surface area contributed by atoms with Crippen molar-refractivity contribution < 1.29 is 13.9 Å². The first-order chi connectivity index (χ1) is 12.1. The van der Waals surface area contributed by atoms with Gasteiger partial charge in [-0.3, -0.25) is 0 Å². The summed E-state index contributed by atoms with van der Waals surface area (Å²) in [6.07, 6.45) is 6.21. The Balaban J connectivity index is 1.63. The molecule has 1 nitrogen and oxygen atoms in total. The van der Waals surface area contributed by atoms with E-state index in [1.165, 1.54) is 5.57 Å². The Hall–Kier alpha value is 0.0400. The Morgan fingerprint density at radius 2 is 1.69 bits per heavy atom. The minimum atomic E-state index is -2.63. The van der Waals surface area contributed by atoms with Gasteiger partial charge in [0.25, 0.3) is 5.92 Å². The van der Waals surface area contributed by atoms with E-state index in [-0.39, 0.29) is 30.1 Å². The van der Waals surface area contributed by atoms with Gasteiger partial charge in [0.15, 0.2) is 0 Å². The second-order valence-corrected chi connectivity index (χ2v) is 10.9. The first-order valence-corrected chi connectivity index (χ1v) is 11.5. The molecule has 0 bridgehead atoms. The van der Waals surface area contributed by atoms with Crippen LogP contribution >= 0.6 is 15.9 Å². The third-order valence-corrected chi connectivity index (χ3v) is 9.67. The van der Waals surface area contributed by atoms with Crippen molar-refractivity contribution >= 4 is 15.9 Å². The van der Waals surface area contributed by atoms with E-state index in [0.717, 1.165) is 37.4 Å². The Morgan fingerprint density at radius 1 is 1.00 bits per heavy atom. The van der Waals surface area contributed by atoms with Crippen molar-refractivity contribution in [2.24, 2.45) is 40.9 Å². The molecule has 0 saturated heterocycles. The first-order valence-electron chi connectivity index (χ1n) is 10.4. The molecule has 8 atom stereocenters. The number of fused-ring (bicyclic) bond motifs is 5. The van der Waals surface area contributed by atoms with Crippen LogP contribution in [-0.4, -0.2) is 22.0 Å². The van der Waals surface area contributed by atoms with Crippen LogP contribution in [-0.2, 0) is 0 Å². The highest BCUT2D eigenvalue weighted by Gasteiger charge is 2.63. The van der Waals surface area contributed by atoms with Crippen LogP contribution in [0.5, 0.6) is 0 Å². The topological polar surface area (TPSA) is 20.2 Å². The van der Waals surface area contributed by atoms with Gasteiger partial charge in [-0.05, 0) is 86.9 Å². The molecule has 0 amide bonds. The average Bonchev–Trinajstić information content (AvgIpc) is 2.91. The minimum Gasteiger partial charge on any atom is -0.390 e. The van der Waals surface area contributed by atoms with E-state index in [9.17, 15) is 5.11 Å². The molecule has 0 aliphatic heterocycles. The minimum absolute atomic E-state index is 0.0443. The molecule has 4 aliphatic rings. The second kappa shape index (κ2) is 6.27. The molecule has 26 heavy (non-hydrogen) atoms. The second-order valence-electron chi connectivity index (χ2n) is 10.4. The normalized spacial score (nSPS) is 52.7. The molecular formula is C22H33BrF2O. The number of hydrogen-bond acceptors (Lipinski definition) is 1. The van der Waals surface area contributed by atoms with Gasteiger partial charge >= 0.3 is 0 Å². The van der Waals surface area contributed by atoms with Gasteiger partial charge in [-0.25, -0.2) is 8.78 Å². The fourth-order valence-electron chi connectivity index (χ4n) is 7.75. The molecule has 4 saturated carbocycles. The van der Waals surface area contributed by atoms with Crippen molar-refractivity contribution in [1.82, 2.24) is 0 Å². The molecular weight excluding hydrogens is 398 g/mol. The molecule has 0 radical (unpaired) electrons. The molecule has 4 heteroatoms. The third kappa shape index (κ3) is 2.84. The van der Waals surface area contributed by atoms with Gasteiger partial charge in [-0.2, -0.15) is 0 Å². The average molecular weight is 431 g/mol. The number of halogens is 3. The van der Waals surface area contributed by atoms with E-state index in [1.807, 2.05) is 0 Å². The molecule has 4 fully saturated rings. The molecule has 0 aromatic rings. The van der Waals surface area contributed by atoms with Crippen LogP contribution in [0.2, 0.25) is 0 Å². The van der Waals surface area contributed by atoms with Gasteiger partial charge in [0.2, 0.25) is 0 Å². The lowest BCUT2D eigenvalue weighted by Crippen LogP contribution is -2.57. The maximum absolute atomic E-state index is 15.2. The highest BCUT2D eigenvalue weighted by molar-refractivity contribution is 9.09. The maximum Gasteiger partial charge on any atom is 0.251 e. The highest BCUT2D eigenvalue weighted by atomic mass is 79.9. The number of allylic oxidation sites excluding steroid dienone is 1. The zero-order chi connectivity index (χ0) is 18.9. The van der Waals surface area contributed by atoms with Crippen molar-refractivity contribution in [1.29, 1.82) is 0 Å². The summed E-state index contributed by atoms with van der Waals surface area (Å²) in [6, 6.07) is 0. The smallest absolute Gasteiger partial charge is 0.251 e. The van der Waals surface area contributed by atoms with Gasteiger partial charge in [0.1, 0.15) is 0 Å². The Bertz CT molecular complexity index is 589. The predicted molar refractivity (Wildman–Crippen MR) is 104 cm³/mol. The monoisotopic (exact) mass is 430 g/mol. The van der Waals surface area contributed by atoms with E-state index < -0.39 is 17.4 Å². The quantitative estimate of drug-likeness (QED) is 0.408. The van der Waals surface area contributed by atoms with E-state index in [2.05, 4.69) is 29.4 Å². The van der Waals surface area contributed by atoms with Crippen LogP contribution in [0.1, 0.15) is 65.2 Å². The van der Waals surface area contributed by atoms with E-state index >= 15 is 8.78 Å². The first kappa shape index (κ1) is 19.4. The lowest BCUT2D eigenvalue weighted by molar-refractivity contribution is -0.209. The summed E-state index contributed by atoms with van der Waals surface area (Å²) in [4.78, 5) is 0. The molecule has 148 valence electrons. The fourth-order valence-corrected chi connectivity index (χ4v) is 8.14. The highest BCUT2D eigenvalue weighted by Crippen LogP contribution is 2.67. The molecule has 1 N–H and O–H groups in total. The van der Waals surface area contributed by atoms with Crippen LogP contribution in [0.15, 0.2) is 12.2 Å². The van der Waals surface area contributed by atoms with Crippen LogP contribution < -0.4 is 0 Å². The molecule has 0 heterocycles. The molecule has 0 aromatic carbocycles. The van der Waals surface area contributed by atoms with Crippen molar-refractivity contribution in [3.05, 3.63) is 12.2 Å². The number of alkyl halides is 3. The summed E-state index contributed by atoms with van der Waals surface area (Å²) in [6.45, 7) is 8.39. The predicted octanol–water partition coefficient (Wildman–Crippen LogP) is 6.20. The van der Waals surface area contributed by atoms with Crippen LogP contribution in [0.4, 0.5) is 8.78 Å². The third-order valence-electron chi connectivity index (χ3n) is 8.95. The summed E-state index contributed by atoms with van der Waals surface area (Å²) < 4.78 is 30.4. The number of rotatable bonds is 2. The van der Waals surface area contributed by atoms with E-state index in [0.29, 0.717) is 24.2 Å². The lowest BCUT2D eigenvalue weighted by Gasteiger charge is -2.58. The summed E-state index contributed by atoms with van der Waals surface area (Å²) in [7, 11) is 0. The van der Waals surface area contributed by atoms with Gasteiger partial charge in [-0.15, -0.1) is 0 Å².